The number of benzene rings is 2. The Balaban J connectivity index is 1.85. The third-order valence-corrected chi connectivity index (χ3v) is 3.83. The summed E-state index contributed by atoms with van der Waals surface area (Å²) in [7, 11) is 4.27. The van der Waals surface area contributed by atoms with Crippen molar-refractivity contribution in [3.05, 3.63) is 70.8 Å². The lowest BCUT2D eigenvalue weighted by molar-refractivity contribution is -0.872. The van der Waals surface area contributed by atoms with E-state index >= 15 is 0 Å². The van der Waals surface area contributed by atoms with Gasteiger partial charge in [-0.05, 0) is 37.1 Å². The Morgan fingerprint density at radius 1 is 0.960 bits per heavy atom. The van der Waals surface area contributed by atoms with E-state index in [4.69, 9.17) is 4.74 Å². The van der Waals surface area contributed by atoms with Gasteiger partial charge in [0.25, 0.3) is 5.91 Å². The molecule has 0 heterocycles. The number of amides is 1. The van der Waals surface area contributed by atoms with E-state index in [1.165, 1.54) is 10.5 Å². The summed E-state index contributed by atoms with van der Waals surface area (Å²) in [5, 5.41) is 2.97. The molecule has 2 rings (SSSR count). The maximum Gasteiger partial charge on any atom is 0.251 e. The topological polar surface area (TPSA) is 42.8 Å². The van der Waals surface area contributed by atoms with Crippen LogP contribution in [0.4, 0.5) is 0 Å². The summed E-state index contributed by atoms with van der Waals surface area (Å²) in [6.07, 6.45) is 0.202. The van der Waals surface area contributed by atoms with Gasteiger partial charge in [0.15, 0.2) is 0 Å². The first-order valence-corrected chi connectivity index (χ1v) is 8.79. The summed E-state index contributed by atoms with van der Waals surface area (Å²) in [4.78, 5) is 13.7. The second-order valence-corrected chi connectivity index (χ2v) is 6.94. The first-order valence-electron chi connectivity index (χ1n) is 8.79. The standard InChI is InChI=1S/C21H28N2O2/c1-16(2)25-15-19-9-11-20(12-10-19)21(24)22-13-17-5-7-18(8-6-17)14-23(3)4/h5-12,16H,13-15H2,1-4H3,(H,22,24)/p+1. The van der Waals surface area contributed by atoms with Crippen molar-refractivity contribution >= 4 is 5.91 Å². The molecule has 0 aromatic heterocycles. The Kier molecular flexibility index (Phi) is 7.16. The van der Waals surface area contributed by atoms with Crippen LogP contribution < -0.4 is 10.2 Å². The summed E-state index contributed by atoms with van der Waals surface area (Å²) >= 11 is 0. The van der Waals surface area contributed by atoms with E-state index in [0.29, 0.717) is 18.7 Å². The molecule has 0 radical (unpaired) electrons. The maximum absolute atomic E-state index is 12.3. The largest absolute Gasteiger partial charge is 0.374 e. The normalized spacial score (nSPS) is 11.1. The molecule has 134 valence electrons. The van der Waals surface area contributed by atoms with Gasteiger partial charge in [0.1, 0.15) is 6.54 Å². The van der Waals surface area contributed by atoms with Crippen molar-refractivity contribution in [3.8, 4) is 0 Å². The van der Waals surface area contributed by atoms with Crippen LogP contribution in [0.1, 0.15) is 40.9 Å². The molecule has 0 fully saturated rings. The molecule has 0 bridgehead atoms. The zero-order valence-corrected chi connectivity index (χ0v) is 15.6. The Labute approximate surface area is 150 Å². The molecule has 2 N–H and O–H groups in total. The molecule has 4 heteroatoms. The van der Waals surface area contributed by atoms with Crippen LogP contribution in [0.15, 0.2) is 48.5 Å². The van der Waals surface area contributed by atoms with Gasteiger partial charge in [-0.15, -0.1) is 0 Å². The molecule has 0 aliphatic carbocycles. The van der Waals surface area contributed by atoms with Crippen LogP contribution in [0.2, 0.25) is 0 Å². The minimum absolute atomic E-state index is 0.0573. The molecule has 2 aromatic carbocycles. The zero-order valence-electron chi connectivity index (χ0n) is 15.6. The molecule has 0 saturated heterocycles. The first-order chi connectivity index (χ1) is 11.9. The minimum Gasteiger partial charge on any atom is -0.374 e. The Morgan fingerprint density at radius 2 is 1.52 bits per heavy atom. The van der Waals surface area contributed by atoms with Crippen molar-refractivity contribution in [1.82, 2.24) is 5.32 Å². The lowest BCUT2D eigenvalue weighted by atomic mass is 10.1. The quantitative estimate of drug-likeness (QED) is 0.773. The number of ether oxygens (including phenoxy) is 1. The van der Waals surface area contributed by atoms with E-state index in [9.17, 15) is 4.79 Å². The summed E-state index contributed by atoms with van der Waals surface area (Å²) < 4.78 is 5.57. The van der Waals surface area contributed by atoms with Gasteiger partial charge in [-0.3, -0.25) is 4.79 Å². The summed E-state index contributed by atoms with van der Waals surface area (Å²) in [5.74, 6) is -0.0573. The number of carbonyl (C=O) groups is 1. The molecule has 0 saturated carbocycles. The third kappa shape index (κ3) is 6.69. The highest BCUT2D eigenvalue weighted by molar-refractivity contribution is 5.94. The van der Waals surface area contributed by atoms with E-state index in [1.54, 1.807) is 0 Å². The van der Waals surface area contributed by atoms with Crippen molar-refractivity contribution < 1.29 is 14.4 Å². The van der Waals surface area contributed by atoms with Crippen LogP contribution in [0.5, 0.6) is 0 Å². The van der Waals surface area contributed by atoms with Crippen LogP contribution in [-0.2, 0) is 24.4 Å². The number of hydrogen-bond donors (Lipinski definition) is 2. The molecule has 4 nitrogen and oxygen atoms in total. The molecule has 0 atom stereocenters. The molecule has 2 aromatic rings. The minimum atomic E-state index is -0.0573. The Bertz CT molecular complexity index is 661. The number of carbonyl (C=O) groups excluding carboxylic acids is 1. The monoisotopic (exact) mass is 341 g/mol. The van der Waals surface area contributed by atoms with Crippen molar-refractivity contribution in [1.29, 1.82) is 0 Å². The molecule has 0 aliphatic heterocycles. The fraction of sp³-hybridized carbons (Fsp3) is 0.381. The van der Waals surface area contributed by atoms with Gasteiger partial charge >= 0.3 is 0 Å². The molecule has 25 heavy (non-hydrogen) atoms. The number of hydrogen-bond acceptors (Lipinski definition) is 2. The third-order valence-electron chi connectivity index (χ3n) is 3.83. The Hall–Kier alpha value is -2.17. The van der Waals surface area contributed by atoms with Crippen LogP contribution in [0.3, 0.4) is 0 Å². The maximum atomic E-state index is 12.3. The molecule has 0 aliphatic rings. The van der Waals surface area contributed by atoms with Gasteiger partial charge < -0.3 is 15.0 Å². The van der Waals surface area contributed by atoms with Crippen LogP contribution in [-0.4, -0.2) is 26.1 Å². The van der Waals surface area contributed by atoms with E-state index in [1.807, 2.05) is 38.1 Å². The fourth-order valence-electron chi connectivity index (χ4n) is 2.48. The van der Waals surface area contributed by atoms with Crippen LogP contribution >= 0.6 is 0 Å². The number of quaternary nitrogens is 1. The van der Waals surface area contributed by atoms with E-state index in [0.717, 1.165) is 17.7 Å². The smallest absolute Gasteiger partial charge is 0.251 e. The van der Waals surface area contributed by atoms with Crippen molar-refractivity contribution in [2.24, 2.45) is 0 Å². The highest BCUT2D eigenvalue weighted by Gasteiger charge is 2.06. The second kappa shape index (κ2) is 9.35. The average molecular weight is 341 g/mol. The highest BCUT2D eigenvalue weighted by Crippen LogP contribution is 2.08. The van der Waals surface area contributed by atoms with E-state index < -0.39 is 0 Å². The number of rotatable bonds is 8. The number of nitrogens with one attached hydrogen (secondary N) is 2. The molecule has 0 unspecified atom stereocenters. The van der Waals surface area contributed by atoms with Gasteiger partial charge in [-0.1, -0.05) is 36.4 Å². The van der Waals surface area contributed by atoms with E-state index in [-0.39, 0.29) is 12.0 Å². The molecule has 0 spiro atoms. The first kappa shape index (κ1) is 19.2. The van der Waals surface area contributed by atoms with Crippen LogP contribution in [0.25, 0.3) is 0 Å². The van der Waals surface area contributed by atoms with Gasteiger partial charge in [0.05, 0.1) is 26.8 Å². The predicted octanol–water partition coefficient (Wildman–Crippen LogP) is 2.19. The fourth-order valence-corrected chi connectivity index (χ4v) is 2.48. The average Bonchev–Trinajstić information content (AvgIpc) is 2.59. The van der Waals surface area contributed by atoms with Crippen molar-refractivity contribution in [2.45, 2.75) is 39.6 Å². The lowest BCUT2D eigenvalue weighted by Gasteiger charge is -2.10. The zero-order chi connectivity index (χ0) is 18.2. The lowest BCUT2D eigenvalue weighted by Crippen LogP contribution is -3.04. The predicted molar refractivity (Wildman–Crippen MR) is 100 cm³/mol. The SMILES string of the molecule is CC(C)OCc1ccc(C(=O)NCc2ccc(C[NH+](C)C)cc2)cc1. The van der Waals surface area contributed by atoms with Gasteiger partial charge in [0, 0.05) is 17.7 Å². The van der Waals surface area contributed by atoms with Gasteiger partial charge in [-0.25, -0.2) is 0 Å². The summed E-state index contributed by atoms with van der Waals surface area (Å²) in [6.45, 7) is 6.12. The van der Waals surface area contributed by atoms with Gasteiger partial charge in [0.2, 0.25) is 0 Å². The molecule has 1 amide bonds. The molecular formula is C21H29N2O2+. The van der Waals surface area contributed by atoms with Crippen LogP contribution in [0, 0.1) is 0 Å². The molecular weight excluding hydrogens is 312 g/mol. The Morgan fingerprint density at radius 3 is 2.08 bits per heavy atom. The van der Waals surface area contributed by atoms with Crippen molar-refractivity contribution in [3.63, 3.8) is 0 Å². The van der Waals surface area contributed by atoms with Gasteiger partial charge in [-0.2, -0.15) is 0 Å². The van der Waals surface area contributed by atoms with E-state index in [2.05, 4.69) is 43.7 Å². The van der Waals surface area contributed by atoms with Crippen molar-refractivity contribution in [2.75, 3.05) is 14.1 Å². The highest BCUT2D eigenvalue weighted by atomic mass is 16.5. The summed E-state index contributed by atoms with van der Waals surface area (Å²) in [6, 6.07) is 16.0. The summed E-state index contributed by atoms with van der Waals surface area (Å²) in [5.41, 5.74) is 4.15. The second-order valence-electron chi connectivity index (χ2n) is 6.94.